The first-order chi connectivity index (χ1) is 14.9. The Hall–Kier alpha value is -2.63. The van der Waals surface area contributed by atoms with Crippen molar-refractivity contribution in [3.63, 3.8) is 0 Å². The van der Waals surface area contributed by atoms with Gasteiger partial charge in [-0.05, 0) is 50.2 Å². The van der Waals surface area contributed by atoms with E-state index in [9.17, 15) is 0 Å². The van der Waals surface area contributed by atoms with Crippen LogP contribution in [-0.4, -0.2) is 39.2 Å². The van der Waals surface area contributed by atoms with Crippen LogP contribution in [0, 0.1) is 18.8 Å². The molecule has 1 aromatic carbocycles. The van der Waals surface area contributed by atoms with Gasteiger partial charge in [-0.2, -0.15) is 9.50 Å². The lowest BCUT2D eigenvalue weighted by Crippen LogP contribution is -2.26. The van der Waals surface area contributed by atoms with Crippen LogP contribution in [0.3, 0.4) is 0 Å². The minimum Gasteiger partial charge on any atom is -0.364 e. The molecule has 0 fully saturated rings. The van der Waals surface area contributed by atoms with Crippen molar-refractivity contribution in [3.05, 3.63) is 47.4 Å². The Morgan fingerprint density at radius 1 is 1.00 bits per heavy atom. The summed E-state index contributed by atoms with van der Waals surface area (Å²) in [5, 5.41) is 4.95. The minimum absolute atomic E-state index is 0.655. The molecule has 6 nitrogen and oxygen atoms in total. The zero-order valence-electron chi connectivity index (χ0n) is 19.7. The smallest absolute Gasteiger partial charge is 0.254 e. The lowest BCUT2D eigenvalue weighted by molar-refractivity contribution is 0.567. The van der Waals surface area contributed by atoms with Crippen molar-refractivity contribution in [1.29, 1.82) is 0 Å². The van der Waals surface area contributed by atoms with Gasteiger partial charge in [0.2, 0.25) is 0 Å². The standard InChI is InChI=1S/C25H36N6/c1-18(2)11-14-29-16-13-22-20(5)26-25-27-23(28-31(25)24(22)29)17-30(15-12-19(3)4)21-9-7-6-8-10-21/h6-10,18-19H,11-17H2,1-5H3. The molecule has 1 aliphatic heterocycles. The topological polar surface area (TPSA) is 49.6 Å². The number of anilines is 2. The monoisotopic (exact) mass is 420 g/mol. The Morgan fingerprint density at radius 3 is 2.45 bits per heavy atom. The average molecular weight is 421 g/mol. The van der Waals surface area contributed by atoms with E-state index in [0.29, 0.717) is 18.4 Å². The predicted molar refractivity (Wildman–Crippen MR) is 128 cm³/mol. The van der Waals surface area contributed by atoms with E-state index in [1.807, 2.05) is 4.52 Å². The number of hydrogen-bond acceptors (Lipinski definition) is 5. The van der Waals surface area contributed by atoms with Gasteiger partial charge in [-0.25, -0.2) is 4.98 Å². The number of rotatable bonds is 9. The summed E-state index contributed by atoms with van der Waals surface area (Å²) in [6.07, 6.45) is 3.36. The van der Waals surface area contributed by atoms with Gasteiger partial charge in [0.05, 0.1) is 6.54 Å². The van der Waals surface area contributed by atoms with Crippen molar-refractivity contribution in [2.45, 2.75) is 60.4 Å². The normalized spacial score (nSPS) is 13.6. The largest absolute Gasteiger partial charge is 0.364 e. The number of fused-ring (bicyclic) bond motifs is 3. The summed E-state index contributed by atoms with van der Waals surface area (Å²) in [6, 6.07) is 10.6. The summed E-state index contributed by atoms with van der Waals surface area (Å²) < 4.78 is 2.00. The third-order valence-electron chi connectivity index (χ3n) is 6.15. The number of aryl methyl sites for hydroxylation is 1. The van der Waals surface area contributed by atoms with Gasteiger partial charge in [-0.15, -0.1) is 5.10 Å². The molecule has 1 aliphatic rings. The highest BCUT2D eigenvalue weighted by Crippen LogP contribution is 2.30. The number of para-hydroxylation sites is 1. The summed E-state index contributed by atoms with van der Waals surface area (Å²) in [6.45, 7) is 15.0. The number of aromatic nitrogens is 4. The average Bonchev–Trinajstić information content (AvgIpc) is 3.34. The van der Waals surface area contributed by atoms with Gasteiger partial charge in [0, 0.05) is 36.6 Å². The molecule has 0 bridgehead atoms. The highest BCUT2D eigenvalue weighted by atomic mass is 15.4. The maximum Gasteiger partial charge on any atom is 0.254 e. The van der Waals surface area contributed by atoms with E-state index in [2.05, 4.69) is 74.8 Å². The van der Waals surface area contributed by atoms with E-state index >= 15 is 0 Å². The second-order valence-corrected chi connectivity index (χ2v) is 9.60. The highest BCUT2D eigenvalue weighted by Gasteiger charge is 2.27. The molecule has 31 heavy (non-hydrogen) atoms. The van der Waals surface area contributed by atoms with Gasteiger partial charge in [-0.1, -0.05) is 45.9 Å². The van der Waals surface area contributed by atoms with E-state index < -0.39 is 0 Å². The van der Waals surface area contributed by atoms with Gasteiger partial charge >= 0.3 is 0 Å². The Labute approximate surface area is 186 Å². The molecule has 0 N–H and O–H groups in total. The van der Waals surface area contributed by atoms with Crippen molar-refractivity contribution >= 4 is 17.3 Å². The van der Waals surface area contributed by atoms with E-state index in [4.69, 9.17) is 15.1 Å². The Morgan fingerprint density at radius 2 is 1.74 bits per heavy atom. The molecule has 0 amide bonds. The summed E-state index contributed by atoms with van der Waals surface area (Å²) in [4.78, 5) is 14.5. The molecule has 0 spiro atoms. The zero-order chi connectivity index (χ0) is 22.0. The molecule has 4 rings (SSSR count). The van der Waals surface area contributed by atoms with Gasteiger partial charge < -0.3 is 9.80 Å². The van der Waals surface area contributed by atoms with Crippen molar-refractivity contribution in [1.82, 2.24) is 19.6 Å². The van der Waals surface area contributed by atoms with Crippen molar-refractivity contribution < 1.29 is 0 Å². The Bertz CT molecular complexity index is 1010. The van der Waals surface area contributed by atoms with Crippen molar-refractivity contribution in [3.8, 4) is 0 Å². The van der Waals surface area contributed by atoms with Crippen LogP contribution >= 0.6 is 0 Å². The van der Waals surface area contributed by atoms with Gasteiger partial charge in [0.1, 0.15) is 5.82 Å². The summed E-state index contributed by atoms with van der Waals surface area (Å²) in [5.41, 5.74) is 3.63. The second-order valence-electron chi connectivity index (χ2n) is 9.60. The third-order valence-corrected chi connectivity index (χ3v) is 6.15. The van der Waals surface area contributed by atoms with Crippen LogP contribution in [0.4, 0.5) is 11.5 Å². The fraction of sp³-hybridized carbons (Fsp3) is 0.560. The second kappa shape index (κ2) is 9.25. The third kappa shape index (κ3) is 4.83. The predicted octanol–water partition coefficient (Wildman–Crippen LogP) is 4.89. The van der Waals surface area contributed by atoms with E-state index in [0.717, 1.165) is 49.8 Å². The zero-order valence-corrected chi connectivity index (χ0v) is 19.7. The molecule has 0 aliphatic carbocycles. The molecule has 6 heteroatoms. The van der Waals surface area contributed by atoms with Gasteiger partial charge in [-0.3, -0.25) is 0 Å². The first-order valence-electron chi connectivity index (χ1n) is 11.7. The SMILES string of the molecule is Cc1nc2nc(CN(CCC(C)C)c3ccccc3)nn2c2c1CCN2CCC(C)C. The lowest BCUT2D eigenvalue weighted by atomic mass is 10.1. The van der Waals surface area contributed by atoms with E-state index in [1.165, 1.54) is 23.5 Å². The van der Waals surface area contributed by atoms with Crippen molar-refractivity contribution in [2.24, 2.45) is 11.8 Å². The molecular formula is C25H36N6. The van der Waals surface area contributed by atoms with Crippen LogP contribution in [-0.2, 0) is 13.0 Å². The molecule has 0 saturated carbocycles. The van der Waals surface area contributed by atoms with E-state index in [1.54, 1.807) is 0 Å². The maximum atomic E-state index is 4.95. The summed E-state index contributed by atoms with van der Waals surface area (Å²) in [7, 11) is 0. The minimum atomic E-state index is 0.655. The number of benzene rings is 1. The number of nitrogens with zero attached hydrogens (tertiary/aromatic N) is 6. The van der Waals surface area contributed by atoms with Crippen LogP contribution < -0.4 is 9.80 Å². The van der Waals surface area contributed by atoms with Crippen LogP contribution in [0.5, 0.6) is 0 Å². The van der Waals surface area contributed by atoms with Gasteiger partial charge in [0.15, 0.2) is 5.82 Å². The lowest BCUT2D eigenvalue weighted by Gasteiger charge is -2.24. The molecule has 0 unspecified atom stereocenters. The van der Waals surface area contributed by atoms with E-state index in [-0.39, 0.29) is 0 Å². The van der Waals surface area contributed by atoms with Crippen LogP contribution in [0.25, 0.3) is 5.78 Å². The maximum absolute atomic E-state index is 4.95. The van der Waals surface area contributed by atoms with Crippen LogP contribution in [0.2, 0.25) is 0 Å². The van der Waals surface area contributed by atoms with Gasteiger partial charge in [0.25, 0.3) is 5.78 Å². The first kappa shape index (κ1) is 21.6. The first-order valence-corrected chi connectivity index (χ1v) is 11.7. The molecule has 0 atom stereocenters. The molecule has 0 radical (unpaired) electrons. The molecule has 2 aromatic heterocycles. The molecule has 3 heterocycles. The number of hydrogen-bond donors (Lipinski definition) is 0. The fourth-order valence-electron chi connectivity index (χ4n) is 4.26. The van der Waals surface area contributed by atoms with Crippen molar-refractivity contribution in [2.75, 3.05) is 29.4 Å². The van der Waals surface area contributed by atoms with Crippen LogP contribution in [0.1, 0.15) is 57.6 Å². The molecule has 0 saturated heterocycles. The van der Waals surface area contributed by atoms with Crippen LogP contribution in [0.15, 0.2) is 30.3 Å². The Balaban J connectivity index is 1.65. The molecule has 3 aromatic rings. The summed E-state index contributed by atoms with van der Waals surface area (Å²) in [5.74, 6) is 4.11. The molecule has 166 valence electrons. The quantitative estimate of drug-likeness (QED) is 0.493. The highest BCUT2D eigenvalue weighted by molar-refractivity contribution is 5.58. The summed E-state index contributed by atoms with van der Waals surface area (Å²) >= 11 is 0. The fourth-order valence-corrected chi connectivity index (χ4v) is 4.26. The Kier molecular flexibility index (Phi) is 6.44. The molecular weight excluding hydrogens is 384 g/mol.